The quantitative estimate of drug-likeness (QED) is 0.871. The van der Waals surface area contributed by atoms with Crippen molar-refractivity contribution in [2.75, 3.05) is 0 Å². The zero-order chi connectivity index (χ0) is 13.9. The minimum Gasteiger partial charge on any atom is -0.302 e. The Balaban J connectivity index is 2.13. The third-order valence-electron chi connectivity index (χ3n) is 3.66. The number of hydrazine groups is 1. The second-order valence-electron chi connectivity index (χ2n) is 5.61. The third-order valence-corrected chi connectivity index (χ3v) is 3.66. The fraction of sp³-hybridized carbons (Fsp3) is 0.438. The predicted octanol–water partition coefficient (Wildman–Crippen LogP) is 3.03. The van der Waals surface area contributed by atoms with Crippen molar-refractivity contribution in [2.24, 2.45) is 5.41 Å². The SMILES string of the molecule is CCCCc1ccc(/C=C2\NNC(=O)C2(C)C)cc1. The first-order valence-electron chi connectivity index (χ1n) is 6.91. The monoisotopic (exact) mass is 258 g/mol. The van der Waals surface area contributed by atoms with E-state index in [1.165, 1.54) is 18.4 Å². The molecule has 0 saturated carbocycles. The molecule has 102 valence electrons. The van der Waals surface area contributed by atoms with E-state index in [0.29, 0.717) is 0 Å². The molecule has 0 aliphatic carbocycles. The Hall–Kier alpha value is -1.77. The Morgan fingerprint density at radius 1 is 1.16 bits per heavy atom. The Morgan fingerprint density at radius 2 is 1.84 bits per heavy atom. The summed E-state index contributed by atoms with van der Waals surface area (Å²) < 4.78 is 0. The van der Waals surface area contributed by atoms with Crippen molar-refractivity contribution >= 4 is 12.0 Å². The van der Waals surface area contributed by atoms with Gasteiger partial charge in [-0.25, -0.2) is 0 Å². The molecular formula is C16H22N2O. The Kier molecular flexibility index (Phi) is 3.93. The maximum Gasteiger partial charge on any atom is 0.249 e. The van der Waals surface area contributed by atoms with Crippen molar-refractivity contribution in [3.05, 3.63) is 41.1 Å². The average molecular weight is 258 g/mol. The molecule has 1 aliphatic rings. The summed E-state index contributed by atoms with van der Waals surface area (Å²) in [6, 6.07) is 8.55. The molecule has 0 radical (unpaired) electrons. The lowest BCUT2D eigenvalue weighted by molar-refractivity contribution is -0.125. The highest BCUT2D eigenvalue weighted by molar-refractivity contribution is 5.89. The molecule has 1 heterocycles. The van der Waals surface area contributed by atoms with Gasteiger partial charge in [-0.1, -0.05) is 37.6 Å². The Labute approximate surface area is 115 Å². The predicted molar refractivity (Wildman–Crippen MR) is 78.1 cm³/mol. The van der Waals surface area contributed by atoms with Gasteiger partial charge in [-0.3, -0.25) is 10.2 Å². The Morgan fingerprint density at radius 3 is 2.37 bits per heavy atom. The molecule has 2 rings (SSSR count). The number of aryl methyl sites for hydroxylation is 1. The maximum absolute atomic E-state index is 11.7. The fourth-order valence-electron chi connectivity index (χ4n) is 2.10. The van der Waals surface area contributed by atoms with Crippen LogP contribution in [-0.4, -0.2) is 5.91 Å². The van der Waals surface area contributed by atoms with E-state index in [-0.39, 0.29) is 5.91 Å². The summed E-state index contributed by atoms with van der Waals surface area (Å²) in [5.41, 5.74) is 8.54. The van der Waals surface area contributed by atoms with Gasteiger partial charge in [-0.15, -0.1) is 0 Å². The summed E-state index contributed by atoms with van der Waals surface area (Å²) in [6.45, 7) is 6.05. The highest BCUT2D eigenvalue weighted by atomic mass is 16.2. The van der Waals surface area contributed by atoms with E-state index in [9.17, 15) is 4.79 Å². The van der Waals surface area contributed by atoms with Gasteiger partial charge >= 0.3 is 0 Å². The summed E-state index contributed by atoms with van der Waals surface area (Å²) >= 11 is 0. The lowest BCUT2D eigenvalue weighted by atomic mass is 9.89. The molecule has 0 aromatic heterocycles. The van der Waals surface area contributed by atoms with E-state index >= 15 is 0 Å². The Bertz CT molecular complexity index is 486. The zero-order valence-electron chi connectivity index (χ0n) is 11.9. The van der Waals surface area contributed by atoms with Crippen molar-refractivity contribution in [1.29, 1.82) is 0 Å². The standard InChI is InChI=1S/C16H22N2O/c1-4-5-6-12-7-9-13(10-8-12)11-14-16(2,3)15(19)18-17-14/h7-11,17H,4-6H2,1-3H3,(H,18,19)/b14-11-. The van der Waals surface area contributed by atoms with E-state index < -0.39 is 5.41 Å². The minimum atomic E-state index is -0.485. The summed E-state index contributed by atoms with van der Waals surface area (Å²) in [7, 11) is 0. The van der Waals surface area contributed by atoms with Gasteiger partial charge in [0.25, 0.3) is 0 Å². The zero-order valence-corrected chi connectivity index (χ0v) is 11.9. The molecule has 0 atom stereocenters. The first-order chi connectivity index (χ1) is 9.04. The molecule has 0 unspecified atom stereocenters. The first-order valence-corrected chi connectivity index (χ1v) is 6.91. The van der Waals surface area contributed by atoms with Crippen molar-refractivity contribution in [1.82, 2.24) is 10.9 Å². The van der Waals surface area contributed by atoms with Crippen LogP contribution in [0.25, 0.3) is 6.08 Å². The third kappa shape index (κ3) is 2.98. The average Bonchev–Trinajstić information content (AvgIpc) is 2.65. The molecule has 1 saturated heterocycles. The smallest absolute Gasteiger partial charge is 0.249 e. The van der Waals surface area contributed by atoms with Crippen LogP contribution in [0.15, 0.2) is 30.0 Å². The largest absolute Gasteiger partial charge is 0.302 e. The summed E-state index contributed by atoms with van der Waals surface area (Å²) in [4.78, 5) is 11.7. The highest BCUT2D eigenvalue weighted by Crippen LogP contribution is 2.29. The second kappa shape index (κ2) is 5.47. The summed E-state index contributed by atoms with van der Waals surface area (Å²) in [5.74, 6) is 0.0123. The number of hydrogen-bond donors (Lipinski definition) is 2. The van der Waals surface area contributed by atoms with Crippen LogP contribution in [0.5, 0.6) is 0 Å². The van der Waals surface area contributed by atoms with Crippen LogP contribution in [0.3, 0.4) is 0 Å². The number of amides is 1. The molecule has 1 aromatic rings. The van der Waals surface area contributed by atoms with E-state index in [2.05, 4.69) is 42.0 Å². The molecule has 19 heavy (non-hydrogen) atoms. The summed E-state index contributed by atoms with van der Waals surface area (Å²) in [6.07, 6.45) is 5.61. The maximum atomic E-state index is 11.7. The minimum absolute atomic E-state index is 0.0123. The van der Waals surface area contributed by atoms with E-state index in [4.69, 9.17) is 0 Å². The lowest BCUT2D eigenvalue weighted by Crippen LogP contribution is -2.28. The van der Waals surface area contributed by atoms with Gasteiger partial charge in [0, 0.05) is 5.70 Å². The normalized spacial score (nSPS) is 19.3. The van der Waals surface area contributed by atoms with Crippen molar-refractivity contribution in [3.63, 3.8) is 0 Å². The van der Waals surface area contributed by atoms with Crippen LogP contribution in [-0.2, 0) is 11.2 Å². The van der Waals surface area contributed by atoms with E-state index in [0.717, 1.165) is 17.7 Å². The van der Waals surface area contributed by atoms with Crippen LogP contribution < -0.4 is 10.9 Å². The number of rotatable bonds is 4. The molecule has 0 bridgehead atoms. The van der Waals surface area contributed by atoms with Gasteiger partial charge < -0.3 is 5.43 Å². The topological polar surface area (TPSA) is 41.1 Å². The molecule has 2 N–H and O–H groups in total. The van der Waals surface area contributed by atoms with Gasteiger partial charge in [0.15, 0.2) is 0 Å². The van der Waals surface area contributed by atoms with Crippen LogP contribution in [0, 0.1) is 5.41 Å². The number of unbranched alkanes of at least 4 members (excludes halogenated alkanes) is 1. The van der Waals surface area contributed by atoms with E-state index in [1.54, 1.807) is 0 Å². The first kappa shape index (κ1) is 13.7. The van der Waals surface area contributed by atoms with Crippen molar-refractivity contribution < 1.29 is 4.79 Å². The summed E-state index contributed by atoms with van der Waals surface area (Å²) in [5, 5.41) is 0. The van der Waals surface area contributed by atoms with Gasteiger partial charge in [-0.05, 0) is 43.9 Å². The molecule has 0 spiro atoms. The molecule has 1 amide bonds. The van der Waals surface area contributed by atoms with Gasteiger partial charge in [-0.2, -0.15) is 0 Å². The van der Waals surface area contributed by atoms with Gasteiger partial charge in [0.05, 0.1) is 5.41 Å². The van der Waals surface area contributed by atoms with Gasteiger partial charge in [0.2, 0.25) is 5.91 Å². The molecule has 3 heteroatoms. The molecule has 1 fully saturated rings. The lowest BCUT2D eigenvalue weighted by Gasteiger charge is -2.14. The van der Waals surface area contributed by atoms with Crippen LogP contribution in [0.4, 0.5) is 0 Å². The van der Waals surface area contributed by atoms with Gasteiger partial charge in [0.1, 0.15) is 0 Å². The van der Waals surface area contributed by atoms with Crippen molar-refractivity contribution in [2.45, 2.75) is 40.0 Å². The molecule has 1 aliphatic heterocycles. The fourth-order valence-corrected chi connectivity index (χ4v) is 2.10. The van der Waals surface area contributed by atoms with Crippen LogP contribution in [0.1, 0.15) is 44.7 Å². The number of carbonyl (C=O) groups excluding carboxylic acids is 1. The van der Waals surface area contributed by atoms with Crippen LogP contribution >= 0.6 is 0 Å². The molecular weight excluding hydrogens is 236 g/mol. The number of benzene rings is 1. The number of nitrogens with one attached hydrogen (secondary N) is 2. The van der Waals surface area contributed by atoms with E-state index in [1.807, 2.05) is 19.9 Å². The highest BCUT2D eigenvalue weighted by Gasteiger charge is 2.37. The second-order valence-corrected chi connectivity index (χ2v) is 5.61. The number of carbonyl (C=O) groups is 1. The molecule has 3 nitrogen and oxygen atoms in total. The van der Waals surface area contributed by atoms with Crippen molar-refractivity contribution in [3.8, 4) is 0 Å². The molecule has 1 aromatic carbocycles. The van der Waals surface area contributed by atoms with Crippen LogP contribution in [0.2, 0.25) is 0 Å². The number of hydrogen-bond acceptors (Lipinski definition) is 2.